The van der Waals surface area contributed by atoms with Gasteiger partial charge in [0.1, 0.15) is 5.82 Å². The number of fused-ring (bicyclic) bond motifs is 1. The molecule has 176 valence electrons. The van der Waals surface area contributed by atoms with Crippen LogP contribution in [0.25, 0.3) is 27.0 Å². The van der Waals surface area contributed by atoms with Gasteiger partial charge in [0.05, 0.1) is 22.0 Å². The van der Waals surface area contributed by atoms with Gasteiger partial charge in [-0.25, -0.2) is 4.98 Å². The van der Waals surface area contributed by atoms with E-state index in [2.05, 4.69) is 71.4 Å². The van der Waals surface area contributed by atoms with E-state index >= 15 is 0 Å². The fraction of sp³-hybridized carbons (Fsp3) is 0.179. The van der Waals surface area contributed by atoms with E-state index in [1.807, 2.05) is 29.6 Å². The van der Waals surface area contributed by atoms with E-state index < -0.39 is 0 Å². The number of aromatic amines is 1. The van der Waals surface area contributed by atoms with Gasteiger partial charge in [-0.15, -0.1) is 11.3 Å². The Morgan fingerprint density at radius 2 is 2.09 bits per heavy atom. The zero-order valence-corrected chi connectivity index (χ0v) is 20.8. The summed E-state index contributed by atoms with van der Waals surface area (Å²) in [5.74, 6) is 0.601. The standard InChI is InChI=1S/C28H28N6S/c1-16(2)33-20-7-6-17(3)11-18(12-20)19-13-22(28(30)32-15-19)26(29)24-14-21-23(34-24)8-9-31-27(21)25-5-4-10-35-25/h4-17,29,33-34H,1-3H3,(H2,30,32)/t17-/m0/s1. The minimum atomic E-state index is 0.269. The van der Waals surface area contributed by atoms with E-state index in [0.717, 1.165) is 38.3 Å². The molecule has 0 radical (unpaired) electrons. The van der Waals surface area contributed by atoms with E-state index in [1.54, 1.807) is 23.7 Å². The highest BCUT2D eigenvalue weighted by Crippen LogP contribution is 2.31. The molecule has 5 rings (SSSR count). The number of hydrogen-bond acceptors (Lipinski definition) is 6. The molecule has 0 unspecified atom stereocenters. The number of nitrogens with one attached hydrogen (secondary N) is 3. The number of allylic oxidation sites excluding steroid dienone is 5. The molecule has 0 bridgehead atoms. The molecule has 1 aliphatic carbocycles. The van der Waals surface area contributed by atoms with Gasteiger partial charge in [0.15, 0.2) is 0 Å². The predicted molar refractivity (Wildman–Crippen MR) is 147 cm³/mol. The fourth-order valence-corrected chi connectivity index (χ4v) is 4.97. The molecule has 6 nitrogen and oxygen atoms in total. The summed E-state index contributed by atoms with van der Waals surface area (Å²) in [6.07, 6.45) is 12.2. The van der Waals surface area contributed by atoms with E-state index in [9.17, 15) is 0 Å². The second-order valence-electron chi connectivity index (χ2n) is 9.05. The topological polar surface area (TPSA) is 103 Å². The maximum Gasteiger partial charge on any atom is 0.132 e. The average molecular weight is 481 g/mol. The summed E-state index contributed by atoms with van der Waals surface area (Å²) in [4.78, 5) is 13.5. The van der Waals surface area contributed by atoms with Crippen LogP contribution in [0.3, 0.4) is 0 Å². The van der Waals surface area contributed by atoms with Crippen LogP contribution >= 0.6 is 11.3 Å². The van der Waals surface area contributed by atoms with Gasteiger partial charge in [0.2, 0.25) is 0 Å². The molecule has 0 saturated heterocycles. The lowest BCUT2D eigenvalue weighted by molar-refractivity contribution is 0.681. The first kappa shape index (κ1) is 22.8. The Hall–Kier alpha value is -3.97. The van der Waals surface area contributed by atoms with Crippen molar-refractivity contribution in [1.29, 1.82) is 5.41 Å². The lowest BCUT2D eigenvalue weighted by Crippen LogP contribution is -2.20. The summed E-state index contributed by atoms with van der Waals surface area (Å²) in [5, 5.41) is 15.5. The van der Waals surface area contributed by atoms with Crippen molar-refractivity contribution < 1.29 is 0 Å². The molecule has 0 aromatic carbocycles. The number of hydrogen-bond donors (Lipinski definition) is 4. The fourth-order valence-electron chi connectivity index (χ4n) is 4.24. The predicted octanol–water partition coefficient (Wildman–Crippen LogP) is 6.16. The lowest BCUT2D eigenvalue weighted by Gasteiger charge is -2.13. The quantitative estimate of drug-likeness (QED) is 0.248. The molecule has 1 aliphatic rings. The maximum absolute atomic E-state index is 8.99. The summed E-state index contributed by atoms with van der Waals surface area (Å²) in [6, 6.07) is 10.3. The zero-order valence-electron chi connectivity index (χ0n) is 20.0. The first-order valence-electron chi connectivity index (χ1n) is 11.6. The van der Waals surface area contributed by atoms with Crippen molar-refractivity contribution in [1.82, 2.24) is 20.3 Å². The van der Waals surface area contributed by atoms with Crippen LogP contribution in [0.1, 0.15) is 37.6 Å². The van der Waals surface area contributed by atoms with Crippen molar-refractivity contribution in [2.24, 2.45) is 5.92 Å². The molecule has 35 heavy (non-hydrogen) atoms. The number of thiophene rings is 1. The first-order valence-corrected chi connectivity index (χ1v) is 12.5. The van der Waals surface area contributed by atoms with E-state index in [0.29, 0.717) is 28.8 Å². The van der Waals surface area contributed by atoms with Crippen molar-refractivity contribution in [3.63, 3.8) is 0 Å². The van der Waals surface area contributed by atoms with E-state index in [4.69, 9.17) is 11.1 Å². The van der Waals surface area contributed by atoms with E-state index in [1.165, 1.54) is 0 Å². The number of H-pyrrole nitrogens is 1. The third kappa shape index (κ3) is 4.68. The number of nitrogens with two attached hydrogens (primary N) is 1. The third-order valence-electron chi connectivity index (χ3n) is 5.88. The molecule has 0 saturated carbocycles. The lowest BCUT2D eigenvalue weighted by atomic mass is 9.99. The highest BCUT2D eigenvalue weighted by Gasteiger charge is 2.17. The van der Waals surface area contributed by atoms with Crippen molar-refractivity contribution in [3.8, 4) is 10.6 Å². The third-order valence-corrected chi connectivity index (χ3v) is 6.76. The van der Waals surface area contributed by atoms with Crippen molar-refractivity contribution in [3.05, 3.63) is 94.9 Å². The zero-order chi connectivity index (χ0) is 24.5. The van der Waals surface area contributed by atoms with Crippen LogP contribution in [-0.2, 0) is 0 Å². The van der Waals surface area contributed by atoms with Gasteiger partial charge >= 0.3 is 0 Å². The Morgan fingerprint density at radius 3 is 2.86 bits per heavy atom. The monoisotopic (exact) mass is 480 g/mol. The van der Waals surface area contributed by atoms with Crippen LogP contribution < -0.4 is 11.1 Å². The molecule has 0 aliphatic heterocycles. The molecular formula is C28H28N6S. The minimum Gasteiger partial charge on any atom is -0.383 e. The van der Waals surface area contributed by atoms with Crippen molar-refractivity contribution in [2.45, 2.75) is 26.8 Å². The van der Waals surface area contributed by atoms with Crippen molar-refractivity contribution in [2.75, 3.05) is 5.73 Å². The van der Waals surface area contributed by atoms with Gasteiger partial charge in [-0.2, -0.15) is 0 Å². The number of rotatable bonds is 6. The Morgan fingerprint density at radius 1 is 1.23 bits per heavy atom. The van der Waals surface area contributed by atoms with Crippen LogP contribution in [0, 0.1) is 11.3 Å². The molecular weight excluding hydrogens is 452 g/mol. The molecule has 0 fully saturated rings. The Balaban J connectivity index is 1.54. The van der Waals surface area contributed by atoms with Gasteiger partial charge in [0.25, 0.3) is 0 Å². The normalized spacial score (nSPS) is 15.7. The minimum absolute atomic E-state index is 0.269. The smallest absolute Gasteiger partial charge is 0.132 e. The highest BCUT2D eigenvalue weighted by molar-refractivity contribution is 7.13. The van der Waals surface area contributed by atoms with Gasteiger partial charge in [-0.1, -0.05) is 25.1 Å². The number of pyridine rings is 2. The molecule has 0 spiro atoms. The van der Waals surface area contributed by atoms with Gasteiger partial charge in [0, 0.05) is 46.2 Å². The summed E-state index contributed by atoms with van der Waals surface area (Å²) >= 11 is 1.65. The highest BCUT2D eigenvalue weighted by atomic mass is 32.1. The molecule has 0 amide bonds. The van der Waals surface area contributed by atoms with Crippen molar-refractivity contribution >= 4 is 39.3 Å². The van der Waals surface area contributed by atoms with Crippen LogP contribution in [0.15, 0.2) is 78.1 Å². The molecule has 4 heterocycles. The summed E-state index contributed by atoms with van der Waals surface area (Å²) in [5.41, 5.74) is 12.7. The van der Waals surface area contributed by atoms with Crippen LogP contribution in [-0.4, -0.2) is 26.7 Å². The number of anilines is 1. The molecule has 7 heteroatoms. The Kier molecular flexibility index (Phi) is 6.09. The number of aromatic nitrogens is 3. The second-order valence-corrected chi connectivity index (χ2v) is 10.00. The summed E-state index contributed by atoms with van der Waals surface area (Å²) in [6.45, 7) is 6.40. The first-order chi connectivity index (χ1) is 16.9. The van der Waals surface area contributed by atoms with Crippen LogP contribution in [0.4, 0.5) is 5.82 Å². The number of nitrogens with zero attached hydrogens (tertiary/aromatic N) is 2. The van der Waals surface area contributed by atoms with Gasteiger partial charge < -0.3 is 16.0 Å². The largest absolute Gasteiger partial charge is 0.383 e. The maximum atomic E-state index is 8.99. The SMILES string of the molecule is CC(C)NC1=CC(c2cnc(N)c(C(=N)c3cc4c(-c5cccs5)nccc4[nH]3)c2)=C[C@@H](C)C=C1. The van der Waals surface area contributed by atoms with E-state index in [-0.39, 0.29) is 5.92 Å². The Labute approximate surface area is 208 Å². The summed E-state index contributed by atoms with van der Waals surface area (Å²) < 4.78 is 0. The second kappa shape index (κ2) is 9.35. The van der Waals surface area contributed by atoms with Gasteiger partial charge in [-0.3, -0.25) is 10.4 Å². The molecule has 5 N–H and O–H groups in total. The van der Waals surface area contributed by atoms with Crippen LogP contribution in [0.2, 0.25) is 0 Å². The Bertz CT molecular complexity index is 1490. The van der Waals surface area contributed by atoms with Crippen LogP contribution in [0.5, 0.6) is 0 Å². The van der Waals surface area contributed by atoms with Gasteiger partial charge in [-0.05, 0) is 67.1 Å². The summed E-state index contributed by atoms with van der Waals surface area (Å²) in [7, 11) is 0. The number of nitrogen functional groups attached to an aromatic ring is 1. The molecule has 4 aromatic rings. The molecule has 4 aromatic heterocycles. The average Bonchev–Trinajstić information content (AvgIpc) is 3.48. The molecule has 1 atom stereocenters.